The number of carbonyl (C=O) groups is 2. The number of esters is 1. The monoisotopic (exact) mass is 366 g/mol. The van der Waals surface area contributed by atoms with Crippen molar-refractivity contribution in [2.45, 2.75) is 18.4 Å². The predicted octanol–water partition coefficient (Wildman–Crippen LogP) is 1.05. The molecule has 9 heteroatoms. The van der Waals surface area contributed by atoms with Gasteiger partial charge in [0.05, 0.1) is 36.4 Å². The van der Waals surface area contributed by atoms with Crippen LogP contribution in [0.1, 0.15) is 23.0 Å². The Balaban J connectivity index is 1.90. The van der Waals surface area contributed by atoms with Crippen LogP contribution in [0.5, 0.6) is 0 Å². The number of nitrogens with one attached hydrogen (secondary N) is 2. The maximum absolute atomic E-state index is 12.2. The second kappa shape index (κ2) is 8.45. The molecule has 1 aromatic heterocycles. The number of benzene rings is 1. The van der Waals surface area contributed by atoms with Crippen LogP contribution in [0.15, 0.2) is 52.0 Å². The van der Waals surface area contributed by atoms with Gasteiger partial charge in [0.15, 0.2) is 0 Å². The van der Waals surface area contributed by atoms with E-state index in [9.17, 15) is 18.0 Å². The average molecular weight is 366 g/mol. The Morgan fingerprint density at radius 2 is 1.88 bits per heavy atom. The van der Waals surface area contributed by atoms with Gasteiger partial charge in [-0.05, 0) is 43.3 Å². The molecule has 0 aliphatic heterocycles. The third-order valence-electron chi connectivity index (χ3n) is 3.14. The molecule has 0 unspecified atom stereocenters. The fraction of sp³-hybridized carbons (Fsp3) is 0.250. The van der Waals surface area contributed by atoms with Crippen molar-refractivity contribution in [3.8, 4) is 0 Å². The van der Waals surface area contributed by atoms with Gasteiger partial charge in [0.25, 0.3) is 0 Å². The van der Waals surface area contributed by atoms with Crippen molar-refractivity contribution in [1.29, 1.82) is 0 Å². The van der Waals surface area contributed by atoms with Gasteiger partial charge in [0, 0.05) is 0 Å². The molecule has 0 bridgehead atoms. The van der Waals surface area contributed by atoms with Crippen LogP contribution in [0.2, 0.25) is 0 Å². The fourth-order valence-electron chi connectivity index (χ4n) is 1.89. The van der Waals surface area contributed by atoms with E-state index in [-0.39, 0.29) is 23.6 Å². The van der Waals surface area contributed by atoms with Crippen LogP contribution in [0, 0.1) is 0 Å². The zero-order valence-electron chi connectivity index (χ0n) is 13.5. The SMILES string of the molecule is CCOC(=O)c1ccc(S(=O)(=O)NCC(=O)NCc2ccco2)cc1. The van der Waals surface area contributed by atoms with Crippen molar-refractivity contribution in [3.05, 3.63) is 54.0 Å². The Hall–Kier alpha value is -2.65. The second-order valence-corrected chi connectivity index (χ2v) is 6.69. The van der Waals surface area contributed by atoms with Crippen LogP contribution < -0.4 is 10.0 Å². The maximum Gasteiger partial charge on any atom is 0.338 e. The summed E-state index contributed by atoms with van der Waals surface area (Å²) in [5.41, 5.74) is 0.247. The molecule has 0 aliphatic rings. The number of rotatable bonds is 8. The third-order valence-corrected chi connectivity index (χ3v) is 4.56. The number of carbonyl (C=O) groups excluding carboxylic acids is 2. The van der Waals surface area contributed by atoms with Crippen LogP contribution >= 0.6 is 0 Å². The zero-order valence-corrected chi connectivity index (χ0v) is 14.3. The summed E-state index contributed by atoms with van der Waals surface area (Å²) >= 11 is 0. The molecule has 0 atom stereocenters. The number of hydrogen-bond acceptors (Lipinski definition) is 6. The van der Waals surface area contributed by atoms with E-state index in [1.54, 1.807) is 19.1 Å². The minimum absolute atomic E-state index is 0.0561. The Bertz CT molecular complexity index is 813. The first-order valence-electron chi connectivity index (χ1n) is 7.48. The molecule has 2 N–H and O–H groups in total. The molecule has 1 heterocycles. The van der Waals surface area contributed by atoms with Crippen molar-refractivity contribution in [2.24, 2.45) is 0 Å². The summed E-state index contributed by atoms with van der Waals surface area (Å²) in [6.07, 6.45) is 1.48. The molecular formula is C16H18N2O6S. The quantitative estimate of drug-likeness (QED) is 0.675. The maximum atomic E-state index is 12.2. The van der Waals surface area contributed by atoms with Crippen LogP contribution in [0.25, 0.3) is 0 Å². The highest BCUT2D eigenvalue weighted by molar-refractivity contribution is 7.89. The summed E-state index contributed by atoms with van der Waals surface area (Å²) in [7, 11) is -3.87. The van der Waals surface area contributed by atoms with Crippen molar-refractivity contribution >= 4 is 21.9 Å². The van der Waals surface area contributed by atoms with E-state index >= 15 is 0 Å². The topological polar surface area (TPSA) is 115 Å². The Kier molecular flexibility index (Phi) is 6.31. The molecule has 25 heavy (non-hydrogen) atoms. The fourth-order valence-corrected chi connectivity index (χ4v) is 2.87. The molecule has 8 nitrogen and oxygen atoms in total. The number of furan rings is 1. The Morgan fingerprint density at radius 1 is 1.16 bits per heavy atom. The van der Waals surface area contributed by atoms with Crippen molar-refractivity contribution in [3.63, 3.8) is 0 Å². The van der Waals surface area contributed by atoms with Crippen LogP contribution in [-0.4, -0.2) is 33.4 Å². The van der Waals surface area contributed by atoms with Gasteiger partial charge in [0.1, 0.15) is 5.76 Å². The molecule has 0 radical (unpaired) electrons. The summed E-state index contributed by atoms with van der Waals surface area (Å²) in [6, 6.07) is 8.62. The van der Waals surface area contributed by atoms with Crippen LogP contribution in [-0.2, 0) is 26.1 Å². The highest BCUT2D eigenvalue weighted by atomic mass is 32.2. The molecule has 1 aromatic carbocycles. The highest BCUT2D eigenvalue weighted by Gasteiger charge is 2.16. The van der Waals surface area contributed by atoms with E-state index in [0.29, 0.717) is 5.76 Å². The first-order chi connectivity index (χ1) is 11.9. The second-order valence-electron chi connectivity index (χ2n) is 4.93. The highest BCUT2D eigenvalue weighted by Crippen LogP contribution is 2.11. The van der Waals surface area contributed by atoms with Crippen molar-refractivity contribution < 1.29 is 27.2 Å². The van der Waals surface area contributed by atoms with Gasteiger partial charge in [-0.3, -0.25) is 4.79 Å². The molecular weight excluding hydrogens is 348 g/mol. The lowest BCUT2D eigenvalue weighted by Gasteiger charge is -2.08. The smallest absolute Gasteiger partial charge is 0.338 e. The minimum Gasteiger partial charge on any atom is -0.467 e. The molecule has 2 aromatic rings. The first kappa shape index (κ1) is 18.7. The van der Waals surface area contributed by atoms with E-state index < -0.39 is 28.4 Å². The lowest BCUT2D eigenvalue weighted by Crippen LogP contribution is -2.36. The number of amides is 1. The predicted molar refractivity (Wildman–Crippen MR) is 88.1 cm³/mol. The average Bonchev–Trinajstić information content (AvgIpc) is 3.12. The summed E-state index contributed by atoms with van der Waals surface area (Å²) in [5.74, 6) is -0.467. The normalized spacial score (nSPS) is 11.1. The van der Waals surface area contributed by atoms with E-state index in [0.717, 1.165) is 0 Å². The minimum atomic E-state index is -3.87. The van der Waals surface area contributed by atoms with Gasteiger partial charge in [-0.2, -0.15) is 0 Å². The lowest BCUT2D eigenvalue weighted by molar-refractivity contribution is -0.120. The van der Waals surface area contributed by atoms with Crippen LogP contribution in [0.3, 0.4) is 0 Å². The third kappa shape index (κ3) is 5.44. The van der Waals surface area contributed by atoms with Crippen LogP contribution in [0.4, 0.5) is 0 Å². The molecule has 0 fully saturated rings. The molecule has 0 saturated heterocycles. The summed E-state index contributed by atoms with van der Waals surface area (Å²) < 4.78 is 36.4. The Morgan fingerprint density at radius 3 is 2.48 bits per heavy atom. The number of sulfonamides is 1. The summed E-state index contributed by atoms with van der Waals surface area (Å²) in [6.45, 7) is 1.66. The van der Waals surface area contributed by atoms with E-state index in [1.807, 2.05) is 0 Å². The molecule has 0 aliphatic carbocycles. The van der Waals surface area contributed by atoms with Gasteiger partial charge >= 0.3 is 5.97 Å². The van der Waals surface area contributed by atoms with Gasteiger partial charge in [0.2, 0.25) is 15.9 Å². The van der Waals surface area contributed by atoms with Gasteiger partial charge in [-0.25, -0.2) is 17.9 Å². The number of ether oxygens (including phenoxy) is 1. The number of hydrogen-bond donors (Lipinski definition) is 2. The van der Waals surface area contributed by atoms with Gasteiger partial charge in [-0.1, -0.05) is 0 Å². The van der Waals surface area contributed by atoms with E-state index in [2.05, 4.69) is 10.0 Å². The van der Waals surface area contributed by atoms with Gasteiger partial charge < -0.3 is 14.5 Å². The first-order valence-corrected chi connectivity index (χ1v) is 8.96. The molecule has 0 spiro atoms. The molecule has 1 amide bonds. The van der Waals surface area contributed by atoms with Crippen molar-refractivity contribution in [1.82, 2.24) is 10.0 Å². The van der Waals surface area contributed by atoms with Crippen molar-refractivity contribution in [2.75, 3.05) is 13.2 Å². The largest absolute Gasteiger partial charge is 0.467 e. The zero-order chi connectivity index (χ0) is 18.3. The molecule has 0 saturated carbocycles. The van der Waals surface area contributed by atoms with Gasteiger partial charge in [-0.15, -0.1) is 0 Å². The standard InChI is InChI=1S/C16H18N2O6S/c1-2-23-16(20)12-5-7-14(8-6-12)25(21,22)18-11-15(19)17-10-13-4-3-9-24-13/h3-9,18H,2,10-11H2,1H3,(H,17,19). The molecule has 2 rings (SSSR count). The molecule has 134 valence electrons. The lowest BCUT2D eigenvalue weighted by atomic mass is 10.2. The Labute approximate surface area is 145 Å². The van der Waals surface area contributed by atoms with E-state index in [4.69, 9.17) is 9.15 Å². The van der Waals surface area contributed by atoms with E-state index in [1.165, 1.54) is 30.5 Å². The summed E-state index contributed by atoms with van der Waals surface area (Å²) in [5, 5.41) is 2.53. The summed E-state index contributed by atoms with van der Waals surface area (Å²) in [4.78, 5) is 23.2.